The second kappa shape index (κ2) is 8.90. The molecular formula is C19H17ClN4O3S. The lowest BCUT2D eigenvalue weighted by atomic mass is 10.2. The first-order chi connectivity index (χ1) is 13.4. The van der Waals surface area contributed by atoms with Crippen LogP contribution in [0.2, 0.25) is 5.02 Å². The van der Waals surface area contributed by atoms with E-state index >= 15 is 0 Å². The molecule has 28 heavy (non-hydrogen) atoms. The minimum Gasteiger partial charge on any atom is -0.361 e. The monoisotopic (exact) mass is 416 g/mol. The Labute approximate surface area is 170 Å². The first kappa shape index (κ1) is 19.9. The number of amides is 2. The summed E-state index contributed by atoms with van der Waals surface area (Å²) in [5.41, 5.74) is 2.19. The number of pyridine rings is 1. The summed E-state index contributed by atoms with van der Waals surface area (Å²) in [7, 11) is 0. The number of carbonyl (C=O) groups is 2. The van der Waals surface area contributed by atoms with Crippen LogP contribution in [0.3, 0.4) is 0 Å². The average molecular weight is 417 g/mol. The zero-order chi connectivity index (χ0) is 20.1. The highest BCUT2D eigenvalue weighted by atomic mass is 35.5. The second-order valence-electron chi connectivity index (χ2n) is 5.90. The van der Waals surface area contributed by atoms with Crippen molar-refractivity contribution in [1.82, 2.24) is 10.1 Å². The highest BCUT2D eigenvalue weighted by Crippen LogP contribution is 2.28. The number of nitrogens with one attached hydrogen (secondary N) is 2. The summed E-state index contributed by atoms with van der Waals surface area (Å²) in [4.78, 5) is 28.2. The molecule has 2 amide bonds. The third-order valence-electron chi connectivity index (χ3n) is 3.59. The maximum Gasteiger partial charge on any atom is 0.258 e. The van der Waals surface area contributed by atoms with Crippen molar-refractivity contribution in [2.24, 2.45) is 0 Å². The number of aromatic nitrogens is 2. The largest absolute Gasteiger partial charge is 0.361 e. The number of halogens is 1. The summed E-state index contributed by atoms with van der Waals surface area (Å²) in [6.45, 7) is 3.23. The van der Waals surface area contributed by atoms with E-state index in [1.807, 2.05) is 13.0 Å². The maximum atomic E-state index is 12.7. The summed E-state index contributed by atoms with van der Waals surface area (Å²) in [5, 5.41) is 10.2. The molecule has 3 rings (SSSR count). The van der Waals surface area contributed by atoms with Crippen LogP contribution < -0.4 is 10.6 Å². The van der Waals surface area contributed by atoms with Crippen molar-refractivity contribution in [3.63, 3.8) is 0 Å². The summed E-state index contributed by atoms with van der Waals surface area (Å²) >= 11 is 7.61. The number of nitrogens with zero attached hydrogens (tertiary/aromatic N) is 2. The predicted molar refractivity (Wildman–Crippen MR) is 109 cm³/mol. The SMILES string of the molecule is CC(=O)Nc1ccc(NC(=O)c2cccnc2SCc2cc(C)on2)c(Cl)c1. The van der Waals surface area contributed by atoms with Gasteiger partial charge < -0.3 is 15.2 Å². The van der Waals surface area contributed by atoms with Crippen LogP contribution >= 0.6 is 23.4 Å². The van der Waals surface area contributed by atoms with Crippen LogP contribution in [0.5, 0.6) is 0 Å². The molecule has 0 fully saturated rings. The molecule has 9 heteroatoms. The molecular weight excluding hydrogens is 400 g/mol. The summed E-state index contributed by atoms with van der Waals surface area (Å²) in [6, 6.07) is 10.1. The van der Waals surface area contributed by atoms with Gasteiger partial charge in [-0.05, 0) is 37.3 Å². The van der Waals surface area contributed by atoms with Gasteiger partial charge in [0.15, 0.2) is 0 Å². The first-order valence-corrected chi connectivity index (χ1v) is 9.67. The van der Waals surface area contributed by atoms with E-state index in [0.29, 0.717) is 32.7 Å². The number of carbonyl (C=O) groups excluding carboxylic acids is 2. The third kappa shape index (κ3) is 5.11. The molecule has 0 saturated carbocycles. The minimum atomic E-state index is -0.332. The van der Waals surface area contributed by atoms with Crippen LogP contribution in [-0.2, 0) is 10.5 Å². The van der Waals surface area contributed by atoms with Gasteiger partial charge in [-0.1, -0.05) is 28.5 Å². The molecule has 2 aromatic heterocycles. The quantitative estimate of drug-likeness (QED) is 0.573. The molecule has 1 aromatic carbocycles. The lowest BCUT2D eigenvalue weighted by Crippen LogP contribution is -2.14. The molecule has 3 aromatic rings. The average Bonchev–Trinajstić information content (AvgIpc) is 3.07. The number of anilines is 2. The molecule has 0 aliphatic heterocycles. The van der Waals surface area contributed by atoms with Crippen LogP contribution in [0.25, 0.3) is 0 Å². The van der Waals surface area contributed by atoms with Gasteiger partial charge in [-0.25, -0.2) is 4.98 Å². The third-order valence-corrected chi connectivity index (χ3v) is 4.94. The zero-order valence-electron chi connectivity index (χ0n) is 15.2. The number of hydrogen-bond acceptors (Lipinski definition) is 6. The molecule has 0 atom stereocenters. The minimum absolute atomic E-state index is 0.202. The van der Waals surface area contributed by atoms with Crippen molar-refractivity contribution < 1.29 is 14.1 Å². The Kier molecular flexibility index (Phi) is 6.33. The Bertz CT molecular complexity index is 1020. The van der Waals surface area contributed by atoms with Crippen molar-refractivity contribution in [3.8, 4) is 0 Å². The molecule has 0 spiro atoms. The molecule has 0 bridgehead atoms. The molecule has 0 unspecified atom stereocenters. The number of aryl methyl sites for hydroxylation is 1. The van der Waals surface area contributed by atoms with Crippen molar-refractivity contribution >= 4 is 46.6 Å². The Balaban J connectivity index is 1.73. The van der Waals surface area contributed by atoms with Gasteiger partial charge in [0.2, 0.25) is 5.91 Å². The predicted octanol–water partition coefficient (Wildman–Crippen LogP) is 4.53. The Hall–Kier alpha value is -2.84. The van der Waals surface area contributed by atoms with E-state index < -0.39 is 0 Å². The van der Waals surface area contributed by atoms with Gasteiger partial charge in [-0.15, -0.1) is 0 Å². The maximum absolute atomic E-state index is 12.7. The fraction of sp³-hybridized carbons (Fsp3) is 0.158. The van der Waals surface area contributed by atoms with E-state index in [1.54, 1.807) is 36.5 Å². The van der Waals surface area contributed by atoms with Gasteiger partial charge in [0.1, 0.15) is 10.8 Å². The molecule has 144 valence electrons. The van der Waals surface area contributed by atoms with Crippen LogP contribution in [0.15, 0.2) is 52.1 Å². The highest BCUT2D eigenvalue weighted by Gasteiger charge is 2.15. The lowest BCUT2D eigenvalue weighted by molar-refractivity contribution is -0.114. The van der Waals surface area contributed by atoms with Crippen LogP contribution in [-0.4, -0.2) is 22.0 Å². The van der Waals surface area contributed by atoms with Gasteiger partial charge in [-0.3, -0.25) is 9.59 Å². The molecule has 2 N–H and O–H groups in total. The summed E-state index contributed by atoms with van der Waals surface area (Å²) in [6.07, 6.45) is 1.63. The van der Waals surface area contributed by atoms with E-state index in [1.165, 1.54) is 18.7 Å². The standard InChI is InChI=1S/C19H17ClN4O3S/c1-11-8-14(24-27-11)10-28-19-15(4-3-7-21-19)18(26)23-17-6-5-13(9-16(17)20)22-12(2)25/h3-9H,10H2,1-2H3,(H,22,25)(H,23,26). The van der Waals surface area contributed by atoms with E-state index in [2.05, 4.69) is 20.8 Å². The molecule has 7 nitrogen and oxygen atoms in total. The lowest BCUT2D eigenvalue weighted by Gasteiger charge is -2.11. The Morgan fingerprint density at radius 2 is 2.04 bits per heavy atom. The first-order valence-electron chi connectivity index (χ1n) is 8.31. The van der Waals surface area contributed by atoms with Gasteiger partial charge in [0.05, 0.1) is 22.0 Å². The highest BCUT2D eigenvalue weighted by molar-refractivity contribution is 7.98. The normalized spacial score (nSPS) is 10.5. The molecule has 0 aliphatic carbocycles. The van der Waals surface area contributed by atoms with Crippen molar-refractivity contribution in [2.45, 2.75) is 24.6 Å². The smallest absolute Gasteiger partial charge is 0.258 e. The van der Waals surface area contributed by atoms with Gasteiger partial charge in [0.25, 0.3) is 5.91 Å². The Morgan fingerprint density at radius 1 is 1.21 bits per heavy atom. The van der Waals surface area contributed by atoms with E-state index in [0.717, 1.165) is 11.5 Å². The molecule has 0 radical (unpaired) electrons. The zero-order valence-corrected chi connectivity index (χ0v) is 16.7. The van der Waals surface area contributed by atoms with E-state index in [9.17, 15) is 9.59 Å². The van der Waals surface area contributed by atoms with Crippen molar-refractivity contribution in [3.05, 3.63) is 64.6 Å². The fourth-order valence-electron chi connectivity index (χ4n) is 2.39. The molecule has 0 aliphatic rings. The second-order valence-corrected chi connectivity index (χ2v) is 7.27. The Morgan fingerprint density at radius 3 is 2.71 bits per heavy atom. The number of hydrogen-bond donors (Lipinski definition) is 2. The van der Waals surface area contributed by atoms with Crippen LogP contribution in [0.1, 0.15) is 28.7 Å². The number of benzene rings is 1. The number of rotatable bonds is 6. The van der Waals surface area contributed by atoms with E-state index in [4.69, 9.17) is 16.1 Å². The van der Waals surface area contributed by atoms with Gasteiger partial charge in [0, 0.05) is 30.6 Å². The van der Waals surface area contributed by atoms with Crippen molar-refractivity contribution in [2.75, 3.05) is 10.6 Å². The van der Waals surface area contributed by atoms with E-state index in [-0.39, 0.29) is 11.8 Å². The van der Waals surface area contributed by atoms with Crippen molar-refractivity contribution in [1.29, 1.82) is 0 Å². The van der Waals surface area contributed by atoms with Gasteiger partial charge >= 0.3 is 0 Å². The number of thioether (sulfide) groups is 1. The fourth-order valence-corrected chi connectivity index (χ4v) is 3.49. The van der Waals surface area contributed by atoms with Gasteiger partial charge in [-0.2, -0.15) is 0 Å². The summed E-state index contributed by atoms with van der Waals surface area (Å²) < 4.78 is 5.05. The molecule has 0 saturated heterocycles. The summed E-state index contributed by atoms with van der Waals surface area (Å²) in [5.74, 6) is 0.723. The van der Waals surface area contributed by atoms with Crippen LogP contribution in [0.4, 0.5) is 11.4 Å². The topological polar surface area (TPSA) is 97.1 Å². The molecule has 2 heterocycles. The van der Waals surface area contributed by atoms with Crippen LogP contribution in [0, 0.1) is 6.92 Å².